The summed E-state index contributed by atoms with van der Waals surface area (Å²) in [5.41, 5.74) is -4.96. The average Bonchev–Trinajstić information content (AvgIpc) is 3.03. The number of hydrogen-bond donors (Lipinski definition) is 1. The van der Waals surface area contributed by atoms with E-state index in [2.05, 4.69) is 10.3 Å². The topological polar surface area (TPSA) is 107 Å². The Morgan fingerprint density at radius 1 is 1.21 bits per heavy atom. The zero-order valence-electron chi connectivity index (χ0n) is 14.0. The molecule has 0 fully saturated rings. The molecule has 3 aromatic rings. The minimum atomic E-state index is -5.67. The number of halogens is 3. The van der Waals surface area contributed by atoms with Crippen molar-refractivity contribution in [1.29, 1.82) is 0 Å². The number of nitrogens with one attached hydrogen (secondary N) is 1. The van der Waals surface area contributed by atoms with Crippen molar-refractivity contribution in [2.45, 2.75) is 16.8 Å². The molecule has 3 rings (SSSR count). The van der Waals surface area contributed by atoms with Crippen molar-refractivity contribution in [3.63, 3.8) is 0 Å². The zero-order valence-corrected chi connectivity index (χ0v) is 14.9. The van der Waals surface area contributed by atoms with Crippen LogP contribution in [0.4, 0.5) is 24.5 Å². The van der Waals surface area contributed by atoms with E-state index in [-0.39, 0.29) is 12.2 Å². The van der Waals surface area contributed by atoms with E-state index in [0.717, 1.165) is 11.7 Å². The van der Waals surface area contributed by atoms with Gasteiger partial charge in [0.1, 0.15) is 11.3 Å². The van der Waals surface area contributed by atoms with Gasteiger partial charge < -0.3 is 9.72 Å². The molecular formula is C16H13F3N4O4S. The van der Waals surface area contributed by atoms with Crippen LogP contribution in [0, 0.1) is 10.1 Å². The van der Waals surface area contributed by atoms with Gasteiger partial charge in [0, 0.05) is 31.4 Å². The molecule has 0 aliphatic heterocycles. The summed E-state index contributed by atoms with van der Waals surface area (Å²) < 4.78 is 62.6. The van der Waals surface area contributed by atoms with Crippen LogP contribution in [0.2, 0.25) is 0 Å². The Kier molecular flexibility index (Phi) is 4.98. The number of nitro groups is 1. The third-order valence-electron chi connectivity index (χ3n) is 3.89. The summed E-state index contributed by atoms with van der Waals surface area (Å²) >= 11 is 0. The van der Waals surface area contributed by atoms with Crippen LogP contribution < -0.4 is 5.32 Å². The van der Waals surface area contributed by atoms with E-state index in [9.17, 15) is 31.7 Å². The maximum Gasteiger partial charge on any atom is 0.501 e. The van der Waals surface area contributed by atoms with E-state index in [1.165, 1.54) is 0 Å². The van der Waals surface area contributed by atoms with E-state index >= 15 is 0 Å². The molecule has 12 heteroatoms. The highest BCUT2D eigenvalue weighted by atomic mass is 32.2. The smallest absolute Gasteiger partial charge is 0.379 e. The van der Waals surface area contributed by atoms with Crippen molar-refractivity contribution in [3.8, 4) is 0 Å². The molecule has 0 bridgehead atoms. The normalized spacial score (nSPS) is 12.2. The molecule has 2 heterocycles. The first-order valence-electron chi connectivity index (χ1n) is 7.86. The number of imidazole rings is 1. The van der Waals surface area contributed by atoms with Crippen molar-refractivity contribution in [1.82, 2.24) is 9.38 Å². The van der Waals surface area contributed by atoms with Crippen molar-refractivity contribution in [2.24, 2.45) is 0 Å². The highest BCUT2D eigenvalue weighted by molar-refractivity contribution is 7.92. The summed E-state index contributed by atoms with van der Waals surface area (Å²) in [6, 6.07) is 7.49. The van der Waals surface area contributed by atoms with Crippen LogP contribution in [0.5, 0.6) is 0 Å². The number of aromatic nitrogens is 2. The van der Waals surface area contributed by atoms with Crippen LogP contribution in [0.25, 0.3) is 5.65 Å². The molecule has 0 atom stereocenters. The van der Waals surface area contributed by atoms with Gasteiger partial charge in [-0.15, -0.1) is 0 Å². The molecule has 2 aromatic heterocycles. The number of sulfone groups is 1. The minimum absolute atomic E-state index is 0.0881. The molecular weight excluding hydrogens is 401 g/mol. The molecule has 148 valence electrons. The number of nitro benzene ring substituents is 1. The Morgan fingerprint density at radius 2 is 1.96 bits per heavy atom. The van der Waals surface area contributed by atoms with Gasteiger partial charge in [0.15, 0.2) is 0 Å². The molecule has 8 nitrogen and oxygen atoms in total. The largest absolute Gasteiger partial charge is 0.501 e. The van der Waals surface area contributed by atoms with Crippen LogP contribution in [0.1, 0.15) is 5.69 Å². The van der Waals surface area contributed by atoms with E-state index in [1.807, 2.05) is 24.4 Å². The second kappa shape index (κ2) is 7.11. The van der Waals surface area contributed by atoms with Crippen molar-refractivity contribution >= 4 is 26.9 Å². The quantitative estimate of drug-likeness (QED) is 0.490. The molecule has 0 saturated carbocycles. The SMILES string of the molecule is O=[N+]([O-])c1cc(S(=O)(=O)C(F)(F)F)ccc1NCCc1cn2ccccc2n1. The van der Waals surface area contributed by atoms with Crippen LogP contribution in [0.3, 0.4) is 0 Å². The Labute approximate surface area is 156 Å². The van der Waals surface area contributed by atoms with E-state index in [0.29, 0.717) is 24.2 Å². The van der Waals surface area contributed by atoms with Gasteiger partial charge in [0.25, 0.3) is 15.5 Å². The van der Waals surface area contributed by atoms with Gasteiger partial charge in [-0.25, -0.2) is 13.4 Å². The Bertz CT molecular complexity index is 1110. The van der Waals surface area contributed by atoms with Crippen molar-refractivity contribution in [2.75, 3.05) is 11.9 Å². The zero-order chi connectivity index (χ0) is 20.5. The predicted molar refractivity (Wildman–Crippen MR) is 93.7 cm³/mol. The third-order valence-corrected chi connectivity index (χ3v) is 5.38. The van der Waals surface area contributed by atoms with Crippen molar-refractivity contribution in [3.05, 3.63) is 64.6 Å². The lowest BCUT2D eigenvalue weighted by molar-refractivity contribution is -0.384. The highest BCUT2D eigenvalue weighted by Gasteiger charge is 2.47. The van der Waals surface area contributed by atoms with Gasteiger partial charge in [0.2, 0.25) is 0 Å². The number of pyridine rings is 1. The van der Waals surface area contributed by atoms with Crippen LogP contribution in [-0.2, 0) is 16.3 Å². The number of fused-ring (bicyclic) bond motifs is 1. The summed E-state index contributed by atoms with van der Waals surface area (Å²) in [5.74, 6) is 0. The maximum absolute atomic E-state index is 12.6. The van der Waals surface area contributed by atoms with Gasteiger partial charge >= 0.3 is 5.51 Å². The average molecular weight is 414 g/mol. The standard InChI is InChI=1S/C16H13F3N4O4S/c17-16(18,19)28(26,27)12-4-5-13(14(9-12)23(24)25)20-7-6-11-10-22-8-2-1-3-15(22)21-11/h1-5,8-10,20H,6-7H2. The molecule has 1 aromatic carbocycles. The Balaban J connectivity index is 1.79. The Morgan fingerprint density at radius 3 is 2.61 bits per heavy atom. The number of benzene rings is 1. The fourth-order valence-electron chi connectivity index (χ4n) is 2.55. The van der Waals surface area contributed by atoms with Crippen LogP contribution in [0.15, 0.2) is 53.7 Å². The summed E-state index contributed by atoms with van der Waals surface area (Å²) in [5, 5.41) is 13.9. The van der Waals surface area contributed by atoms with Crippen LogP contribution in [-0.4, -0.2) is 34.8 Å². The molecule has 0 spiro atoms. The summed E-state index contributed by atoms with van der Waals surface area (Å²) in [7, 11) is -5.67. The molecule has 0 unspecified atom stereocenters. The number of anilines is 1. The van der Waals surface area contributed by atoms with Crippen LogP contribution >= 0.6 is 0 Å². The first-order chi connectivity index (χ1) is 13.1. The molecule has 1 N–H and O–H groups in total. The number of nitrogens with zero attached hydrogens (tertiary/aromatic N) is 3. The minimum Gasteiger partial charge on any atom is -0.379 e. The van der Waals surface area contributed by atoms with E-state index in [1.54, 1.807) is 10.6 Å². The molecule has 0 aliphatic carbocycles. The summed E-state index contributed by atoms with van der Waals surface area (Å²) in [6.45, 7) is 0.204. The fraction of sp³-hybridized carbons (Fsp3) is 0.188. The van der Waals surface area contributed by atoms with Gasteiger partial charge in [-0.1, -0.05) is 6.07 Å². The lowest BCUT2D eigenvalue weighted by Crippen LogP contribution is -2.23. The third kappa shape index (κ3) is 3.76. The molecule has 0 aliphatic rings. The fourth-order valence-corrected chi connectivity index (χ4v) is 3.33. The molecule has 0 saturated heterocycles. The highest BCUT2D eigenvalue weighted by Crippen LogP contribution is 2.34. The van der Waals surface area contributed by atoms with E-state index < -0.39 is 30.9 Å². The Hall–Kier alpha value is -3.15. The van der Waals surface area contributed by atoms with Gasteiger partial charge in [-0.05, 0) is 24.3 Å². The monoisotopic (exact) mass is 414 g/mol. The molecule has 0 amide bonds. The number of alkyl halides is 3. The summed E-state index contributed by atoms with van der Waals surface area (Å²) in [6.07, 6.45) is 3.98. The number of hydrogen-bond acceptors (Lipinski definition) is 6. The summed E-state index contributed by atoms with van der Waals surface area (Å²) in [4.78, 5) is 13.4. The number of rotatable bonds is 6. The lowest BCUT2D eigenvalue weighted by atomic mass is 10.2. The molecule has 28 heavy (non-hydrogen) atoms. The first kappa shape index (κ1) is 19.6. The van der Waals surface area contributed by atoms with Gasteiger partial charge in [-0.2, -0.15) is 13.2 Å². The predicted octanol–water partition coefficient (Wildman–Crippen LogP) is 3.19. The maximum atomic E-state index is 12.6. The molecule has 0 radical (unpaired) electrons. The van der Waals surface area contributed by atoms with E-state index in [4.69, 9.17) is 0 Å². The van der Waals surface area contributed by atoms with Gasteiger partial charge in [0.05, 0.1) is 15.5 Å². The van der Waals surface area contributed by atoms with Gasteiger partial charge in [-0.3, -0.25) is 10.1 Å². The second-order valence-electron chi connectivity index (χ2n) is 5.76. The lowest BCUT2D eigenvalue weighted by Gasteiger charge is -2.10. The van der Waals surface area contributed by atoms with Crippen molar-refractivity contribution < 1.29 is 26.5 Å². The first-order valence-corrected chi connectivity index (χ1v) is 9.34. The second-order valence-corrected chi connectivity index (χ2v) is 7.70.